The molecule has 10 rings (SSSR count). The highest BCUT2D eigenvalue weighted by Gasteiger charge is 2.46. The van der Waals surface area contributed by atoms with Crippen molar-refractivity contribution in [3.63, 3.8) is 0 Å². The predicted octanol–water partition coefficient (Wildman–Crippen LogP) is 12.1. The standard InChI is InChI=1S/C56H43O4PSSi/c57-61(58)59-42-53(51-37-21-19-23-43(51)39-40-62(45-25-7-1-8-26-45,46-27-9-2-10-28-46)47-29-11-3-12-30-47)55-52-38-22-20-24-44(52)41-54(56(55)60-61)63(48-31-13-4-14-32-48,49-33-15-5-16-34-49)50-35-17-6-18-36-50/h1-42H,(H,57,58)/b40-39+. The van der Waals surface area contributed by atoms with Crippen LogP contribution in [-0.2, 0) is 9.09 Å². The Kier molecular flexibility index (Phi) is 10.9. The molecule has 306 valence electrons. The average molecular weight is 871 g/mol. The largest absolute Gasteiger partial charge is 0.584 e. The summed E-state index contributed by atoms with van der Waals surface area (Å²) in [6.45, 7) is 0. The molecule has 0 radical (unpaired) electrons. The first-order valence-corrected chi connectivity index (χ1v) is 26.1. The summed E-state index contributed by atoms with van der Waals surface area (Å²) in [5.41, 5.74) is 3.09. The van der Waals surface area contributed by atoms with Crippen LogP contribution >= 0.6 is 17.9 Å². The van der Waals surface area contributed by atoms with Gasteiger partial charge in [0.05, 0.1) is 0 Å². The first kappa shape index (κ1) is 40.2. The normalized spacial score (nSPS) is 15.4. The number of benzene rings is 9. The fourth-order valence-corrected chi connectivity index (χ4v) is 18.2. The predicted molar refractivity (Wildman–Crippen MR) is 263 cm³/mol. The van der Waals surface area contributed by atoms with Gasteiger partial charge >= 0.3 is 7.82 Å². The molecule has 1 aliphatic heterocycles. The number of phosphoric ester groups is 1. The van der Waals surface area contributed by atoms with Gasteiger partial charge in [-0.05, 0) is 90.5 Å². The van der Waals surface area contributed by atoms with Crippen molar-refractivity contribution in [2.24, 2.45) is 0 Å². The number of phosphoric acid groups is 1. The minimum absolute atomic E-state index is 0.336. The lowest BCUT2D eigenvalue weighted by atomic mass is 9.90. The smallest absolute Gasteiger partial charge is 0.402 e. The van der Waals surface area contributed by atoms with E-state index in [0.717, 1.165) is 42.6 Å². The molecule has 1 unspecified atom stereocenters. The topological polar surface area (TPSA) is 55.8 Å². The van der Waals surface area contributed by atoms with Gasteiger partial charge in [0.15, 0.2) is 8.07 Å². The van der Waals surface area contributed by atoms with Crippen LogP contribution in [0.3, 0.4) is 0 Å². The molecule has 7 heteroatoms. The molecule has 9 aromatic carbocycles. The minimum atomic E-state index is -4.71. The maximum Gasteiger partial charge on any atom is 0.584 e. The molecular formula is C56H43O4PSSi. The lowest BCUT2D eigenvalue weighted by Crippen LogP contribution is -2.75. The average Bonchev–Trinajstić information content (AvgIpc) is 3.49. The second kappa shape index (κ2) is 17.1. The molecule has 1 N–H and O–H groups in total. The highest BCUT2D eigenvalue weighted by Crippen LogP contribution is 2.69. The first-order valence-electron chi connectivity index (χ1n) is 20.9. The van der Waals surface area contributed by atoms with E-state index in [1.165, 1.54) is 20.9 Å². The second-order valence-electron chi connectivity index (χ2n) is 15.4. The van der Waals surface area contributed by atoms with E-state index in [1.807, 2.05) is 42.5 Å². The molecule has 0 bridgehead atoms. The van der Waals surface area contributed by atoms with Gasteiger partial charge in [-0.25, -0.2) is 4.57 Å². The Hall–Kier alpha value is -6.92. The Morgan fingerprint density at radius 1 is 0.508 bits per heavy atom. The van der Waals surface area contributed by atoms with Gasteiger partial charge in [-0.1, -0.05) is 200 Å². The van der Waals surface area contributed by atoms with E-state index in [1.54, 1.807) is 0 Å². The Morgan fingerprint density at radius 2 is 0.937 bits per heavy atom. The molecular weight excluding hydrogens is 828 g/mol. The first-order chi connectivity index (χ1) is 31.0. The van der Waals surface area contributed by atoms with E-state index < -0.39 is 25.9 Å². The maximum atomic E-state index is 14.3. The van der Waals surface area contributed by atoms with Gasteiger partial charge in [0.25, 0.3) is 0 Å². The molecule has 0 aromatic heterocycles. The van der Waals surface area contributed by atoms with Crippen LogP contribution in [0.25, 0.3) is 22.4 Å². The van der Waals surface area contributed by atoms with Crippen LogP contribution in [-0.4, -0.2) is 13.0 Å². The molecule has 0 saturated carbocycles. The SMILES string of the molecule is O=P1(O)OC=C(c2ccccc2/C=C/S(c2ccccc2)(c2ccccc2)c2ccccc2)c2c(c([Si](c3ccccc3)(c3ccccc3)c3ccccc3)cc3ccccc23)O1. The minimum Gasteiger partial charge on any atom is -0.402 e. The van der Waals surface area contributed by atoms with Crippen LogP contribution < -0.4 is 25.3 Å². The summed E-state index contributed by atoms with van der Waals surface area (Å²) in [7, 11) is -10.00. The third-order valence-corrected chi connectivity index (χ3v) is 21.0. The van der Waals surface area contributed by atoms with E-state index in [-0.39, 0.29) is 0 Å². The van der Waals surface area contributed by atoms with Crippen molar-refractivity contribution < 1.29 is 18.5 Å². The number of fused-ring (bicyclic) bond motifs is 3. The molecule has 4 nitrogen and oxygen atoms in total. The lowest BCUT2D eigenvalue weighted by Gasteiger charge is -2.38. The highest BCUT2D eigenvalue weighted by molar-refractivity contribution is 8.36. The monoisotopic (exact) mass is 870 g/mol. The molecule has 0 spiro atoms. The van der Waals surface area contributed by atoms with Gasteiger partial charge in [0, 0.05) is 25.8 Å². The van der Waals surface area contributed by atoms with Gasteiger partial charge in [-0.15, -0.1) is 10.0 Å². The van der Waals surface area contributed by atoms with Crippen LogP contribution in [0.15, 0.2) is 263 Å². The molecule has 9 aromatic rings. The Bertz CT molecular complexity index is 2950. The summed E-state index contributed by atoms with van der Waals surface area (Å²) in [6.07, 6.45) is 3.66. The van der Waals surface area contributed by atoms with Gasteiger partial charge in [-0.3, -0.25) is 4.89 Å². The van der Waals surface area contributed by atoms with E-state index in [4.69, 9.17) is 9.05 Å². The van der Waals surface area contributed by atoms with E-state index in [2.05, 4.69) is 206 Å². The summed E-state index contributed by atoms with van der Waals surface area (Å²) in [6, 6.07) is 82.3. The number of hydrogen-bond donors (Lipinski definition) is 1. The van der Waals surface area contributed by atoms with Crippen molar-refractivity contribution in [2.45, 2.75) is 14.7 Å². The summed E-state index contributed by atoms with van der Waals surface area (Å²) in [4.78, 5) is 15.3. The Balaban J connectivity index is 1.27. The van der Waals surface area contributed by atoms with Crippen LogP contribution in [0.2, 0.25) is 0 Å². The van der Waals surface area contributed by atoms with Crippen molar-refractivity contribution in [1.82, 2.24) is 0 Å². The van der Waals surface area contributed by atoms with Gasteiger partial charge in [0.1, 0.15) is 12.0 Å². The molecule has 1 aliphatic rings. The Labute approximate surface area is 371 Å². The zero-order chi connectivity index (χ0) is 42.7. The summed E-state index contributed by atoms with van der Waals surface area (Å²) >= 11 is 0. The van der Waals surface area contributed by atoms with E-state index >= 15 is 0 Å². The van der Waals surface area contributed by atoms with Crippen molar-refractivity contribution >= 4 is 69.1 Å². The maximum absolute atomic E-state index is 14.3. The number of rotatable bonds is 10. The third kappa shape index (κ3) is 7.27. The van der Waals surface area contributed by atoms with Crippen LogP contribution in [0.1, 0.15) is 16.7 Å². The summed E-state index contributed by atoms with van der Waals surface area (Å²) in [5.74, 6) is 0.336. The number of hydrogen-bond acceptors (Lipinski definition) is 3. The fraction of sp³-hybridized carbons (Fsp3) is 0. The molecule has 0 fully saturated rings. The van der Waals surface area contributed by atoms with Gasteiger partial charge < -0.3 is 9.05 Å². The van der Waals surface area contributed by atoms with Crippen LogP contribution in [0.5, 0.6) is 5.75 Å². The van der Waals surface area contributed by atoms with Crippen LogP contribution in [0.4, 0.5) is 0 Å². The van der Waals surface area contributed by atoms with Gasteiger partial charge in [0.2, 0.25) is 0 Å². The summed E-state index contributed by atoms with van der Waals surface area (Å²) in [5, 5.41) is 8.39. The van der Waals surface area contributed by atoms with Crippen molar-refractivity contribution in [3.8, 4) is 5.75 Å². The molecule has 1 atom stereocenters. The highest BCUT2D eigenvalue weighted by atomic mass is 32.3. The molecule has 1 heterocycles. The molecule has 0 amide bonds. The summed E-state index contributed by atoms with van der Waals surface area (Å²) < 4.78 is 26.7. The fourth-order valence-electron chi connectivity index (χ4n) is 9.13. The van der Waals surface area contributed by atoms with Crippen molar-refractivity contribution in [1.29, 1.82) is 0 Å². The lowest BCUT2D eigenvalue weighted by molar-refractivity contribution is 0.270. The second-order valence-corrected chi connectivity index (χ2v) is 23.5. The Morgan fingerprint density at radius 3 is 1.44 bits per heavy atom. The zero-order valence-electron chi connectivity index (χ0n) is 34.3. The van der Waals surface area contributed by atoms with E-state index in [9.17, 15) is 9.46 Å². The molecule has 0 aliphatic carbocycles. The zero-order valence-corrected chi connectivity index (χ0v) is 37.0. The van der Waals surface area contributed by atoms with Crippen molar-refractivity contribution in [3.05, 3.63) is 265 Å². The molecule has 63 heavy (non-hydrogen) atoms. The quantitative estimate of drug-likeness (QED) is 0.0845. The van der Waals surface area contributed by atoms with Gasteiger partial charge in [-0.2, -0.15) is 0 Å². The van der Waals surface area contributed by atoms with Crippen LogP contribution in [0, 0.1) is 0 Å². The molecule has 0 saturated heterocycles. The van der Waals surface area contributed by atoms with E-state index in [0.29, 0.717) is 16.9 Å². The third-order valence-electron chi connectivity index (χ3n) is 11.9. The van der Waals surface area contributed by atoms with Crippen molar-refractivity contribution in [2.75, 3.05) is 0 Å².